The third kappa shape index (κ3) is 4.86. The molecule has 3 heterocycles. The Morgan fingerprint density at radius 2 is 0.946 bits per heavy atom. The third-order valence-electron chi connectivity index (χ3n) is 11.3. The van der Waals surface area contributed by atoms with Crippen LogP contribution in [0.25, 0.3) is 95.3 Å². The van der Waals surface area contributed by atoms with Gasteiger partial charge in [-0.25, -0.2) is 0 Å². The van der Waals surface area contributed by atoms with Gasteiger partial charge in [0, 0.05) is 47.4 Å². The monoisotopic (exact) mass is 749 g/mol. The Bertz CT molecular complexity index is 3480. The van der Waals surface area contributed by atoms with E-state index >= 15 is 0 Å². The van der Waals surface area contributed by atoms with E-state index in [1.165, 1.54) is 90.1 Å². The number of fused-ring (bicyclic) bond motifs is 11. The molecule has 0 spiro atoms. The Morgan fingerprint density at radius 3 is 1.71 bits per heavy atom. The van der Waals surface area contributed by atoms with E-state index in [0.717, 1.165) is 22.2 Å². The lowest BCUT2D eigenvalue weighted by Crippen LogP contribution is -2.10. The maximum atomic E-state index is 6.34. The van der Waals surface area contributed by atoms with Crippen LogP contribution < -0.4 is 4.90 Å². The van der Waals surface area contributed by atoms with Crippen LogP contribution in [0.3, 0.4) is 0 Å². The Kier molecular flexibility index (Phi) is 7.00. The number of para-hydroxylation sites is 1. The molecule has 9 aromatic carbocycles. The van der Waals surface area contributed by atoms with Crippen molar-refractivity contribution in [2.75, 3.05) is 4.90 Å². The van der Waals surface area contributed by atoms with Gasteiger partial charge in [0.2, 0.25) is 0 Å². The van der Waals surface area contributed by atoms with Crippen LogP contribution in [0.1, 0.15) is 0 Å². The lowest BCUT2D eigenvalue weighted by atomic mass is 9.97. The first-order valence-corrected chi connectivity index (χ1v) is 20.5. The van der Waals surface area contributed by atoms with Gasteiger partial charge in [-0.3, -0.25) is 0 Å². The van der Waals surface area contributed by atoms with Gasteiger partial charge >= 0.3 is 0 Å². The molecule has 0 saturated carbocycles. The largest absolute Gasteiger partial charge is 0.456 e. The van der Waals surface area contributed by atoms with Crippen molar-refractivity contribution in [3.8, 4) is 22.3 Å². The highest BCUT2D eigenvalue weighted by atomic mass is 32.1. The molecule has 0 saturated heterocycles. The van der Waals surface area contributed by atoms with Crippen molar-refractivity contribution in [2.45, 2.75) is 0 Å². The zero-order chi connectivity index (χ0) is 36.7. The Hall–Kier alpha value is -6.72. The van der Waals surface area contributed by atoms with E-state index in [2.05, 4.69) is 187 Å². The van der Waals surface area contributed by atoms with Gasteiger partial charge in [-0.05, 0) is 93.7 Å². The summed E-state index contributed by atoms with van der Waals surface area (Å²) in [5, 5.41) is 9.93. The first kappa shape index (κ1) is 31.6. The number of anilines is 3. The van der Waals surface area contributed by atoms with Crippen molar-refractivity contribution in [3.05, 3.63) is 188 Å². The Balaban J connectivity index is 1.05. The van der Waals surface area contributed by atoms with Crippen LogP contribution in [0.2, 0.25) is 0 Å². The van der Waals surface area contributed by atoms with Gasteiger partial charge in [0.1, 0.15) is 11.2 Å². The molecule has 4 heteroatoms. The van der Waals surface area contributed by atoms with Crippen molar-refractivity contribution >= 4 is 113 Å². The molecule has 0 aliphatic carbocycles. The van der Waals surface area contributed by atoms with Crippen molar-refractivity contribution < 1.29 is 4.42 Å². The molecule has 0 fully saturated rings. The summed E-state index contributed by atoms with van der Waals surface area (Å²) in [7, 11) is 0. The van der Waals surface area contributed by atoms with Crippen LogP contribution in [-0.4, -0.2) is 0 Å². The maximum Gasteiger partial charge on any atom is 0.136 e. The predicted octanol–water partition coefficient (Wildman–Crippen LogP) is 16.3. The second-order valence-corrected chi connectivity index (χ2v) is 16.5. The van der Waals surface area contributed by atoms with Crippen LogP contribution in [-0.2, 0) is 0 Å². The van der Waals surface area contributed by atoms with Gasteiger partial charge < -0.3 is 9.32 Å². The van der Waals surface area contributed by atoms with Crippen LogP contribution in [0.4, 0.5) is 17.1 Å². The van der Waals surface area contributed by atoms with Crippen LogP contribution in [0, 0.1) is 0 Å². The maximum absolute atomic E-state index is 6.34. The van der Waals surface area contributed by atoms with Crippen LogP contribution >= 0.6 is 22.7 Å². The fourth-order valence-corrected chi connectivity index (χ4v) is 11.1. The minimum Gasteiger partial charge on any atom is -0.456 e. The molecule has 0 amide bonds. The summed E-state index contributed by atoms with van der Waals surface area (Å²) in [5.41, 5.74) is 10.2. The molecule has 2 nitrogen and oxygen atoms in total. The molecule has 0 radical (unpaired) electrons. The molecule has 262 valence electrons. The van der Waals surface area contributed by atoms with Gasteiger partial charge in [-0.1, -0.05) is 127 Å². The second kappa shape index (κ2) is 12.4. The summed E-state index contributed by atoms with van der Waals surface area (Å²) < 4.78 is 11.4. The summed E-state index contributed by atoms with van der Waals surface area (Å²) in [5.74, 6) is 0. The van der Waals surface area contributed by atoms with E-state index in [4.69, 9.17) is 4.42 Å². The highest BCUT2D eigenvalue weighted by Gasteiger charge is 2.23. The fraction of sp³-hybridized carbons (Fsp3) is 0. The summed E-state index contributed by atoms with van der Waals surface area (Å²) in [6, 6.07) is 68.4. The molecule has 0 aliphatic heterocycles. The van der Waals surface area contributed by atoms with Crippen molar-refractivity contribution in [3.63, 3.8) is 0 Å². The van der Waals surface area contributed by atoms with Gasteiger partial charge in [0.15, 0.2) is 0 Å². The first-order valence-electron chi connectivity index (χ1n) is 18.9. The molecule has 0 bridgehead atoms. The minimum atomic E-state index is 0.925. The van der Waals surface area contributed by atoms with E-state index in [0.29, 0.717) is 0 Å². The van der Waals surface area contributed by atoms with Crippen molar-refractivity contribution in [2.24, 2.45) is 0 Å². The van der Waals surface area contributed by atoms with Crippen molar-refractivity contribution in [1.29, 1.82) is 0 Å². The van der Waals surface area contributed by atoms with Gasteiger partial charge in [0.05, 0.1) is 20.8 Å². The smallest absolute Gasteiger partial charge is 0.136 e. The number of thiophene rings is 2. The predicted molar refractivity (Wildman–Crippen MR) is 243 cm³/mol. The molecular formula is C52H31NOS2. The summed E-state index contributed by atoms with van der Waals surface area (Å²) in [4.78, 5) is 2.48. The van der Waals surface area contributed by atoms with Gasteiger partial charge in [0.25, 0.3) is 0 Å². The molecule has 12 aromatic rings. The molecule has 0 atom stereocenters. The molecule has 0 N–H and O–H groups in total. The quantitative estimate of drug-likeness (QED) is 0.174. The number of benzene rings is 9. The SMILES string of the molecule is c1ccc(-c2ccc3ccc(-c4ccc(N(c5cccc6c5sc5ccccc56)c5cccc6c5sc5c6ccc6oc7ccccc7c65)cc4)cc3c2)cc1. The van der Waals surface area contributed by atoms with E-state index in [1.54, 1.807) is 0 Å². The first-order chi connectivity index (χ1) is 27.7. The summed E-state index contributed by atoms with van der Waals surface area (Å²) >= 11 is 3.74. The van der Waals surface area contributed by atoms with E-state index in [-0.39, 0.29) is 0 Å². The van der Waals surface area contributed by atoms with Crippen LogP contribution in [0.15, 0.2) is 192 Å². The molecule has 3 aromatic heterocycles. The Labute approximate surface area is 330 Å². The molecule has 56 heavy (non-hydrogen) atoms. The molecule has 0 aliphatic rings. The zero-order valence-electron chi connectivity index (χ0n) is 30.1. The molecule has 12 rings (SSSR count). The second-order valence-electron chi connectivity index (χ2n) is 14.4. The number of furan rings is 1. The number of hydrogen-bond donors (Lipinski definition) is 0. The number of nitrogens with zero attached hydrogens (tertiary/aromatic N) is 1. The summed E-state index contributed by atoms with van der Waals surface area (Å²) in [6.45, 7) is 0. The van der Waals surface area contributed by atoms with E-state index in [9.17, 15) is 0 Å². The number of hydrogen-bond acceptors (Lipinski definition) is 4. The minimum absolute atomic E-state index is 0.925. The standard InChI is InChI=1S/C52H31NOS2/c1-2-10-32(11-3-1)35-22-20-34-21-23-36(31-37(34)30-35)33-24-26-38(27-25-33)53(44-16-8-14-40-39-12-5-7-19-48(39)55-50(40)44)45-17-9-15-41-42-28-29-47-49(52(42)56-51(41)45)43-13-4-6-18-46(43)54-47/h1-31H. The molecule has 0 unspecified atom stereocenters. The van der Waals surface area contributed by atoms with Crippen LogP contribution in [0.5, 0.6) is 0 Å². The number of rotatable bonds is 5. The van der Waals surface area contributed by atoms with E-state index in [1.807, 2.05) is 28.7 Å². The topological polar surface area (TPSA) is 16.4 Å². The lowest BCUT2D eigenvalue weighted by molar-refractivity contribution is 0.669. The average molecular weight is 750 g/mol. The van der Waals surface area contributed by atoms with Crippen molar-refractivity contribution in [1.82, 2.24) is 0 Å². The summed E-state index contributed by atoms with van der Waals surface area (Å²) in [6.07, 6.45) is 0. The Morgan fingerprint density at radius 1 is 0.357 bits per heavy atom. The fourth-order valence-electron chi connectivity index (χ4n) is 8.58. The zero-order valence-corrected chi connectivity index (χ0v) is 31.7. The van der Waals surface area contributed by atoms with E-state index < -0.39 is 0 Å². The highest BCUT2D eigenvalue weighted by Crippen LogP contribution is 2.50. The average Bonchev–Trinajstić information content (AvgIpc) is 3.96. The highest BCUT2D eigenvalue weighted by molar-refractivity contribution is 7.27. The van der Waals surface area contributed by atoms with Gasteiger partial charge in [-0.15, -0.1) is 22.7 Å². The van der Waals surface area contributed by atoms with Gasteiger partial charge in [-0.2, -0.15) is 0 Å². The third-order valence-corrected chi connectivity index (χ3v) is 13.7. The normalized spacial score (nSPS) is 11.9. The molecular weight excluding hydrogens is 719 g/mol. The lowest BCUT2D eigenvalue weighted by Gasteiger charge is -2.27.